The minimum absolute atomic E-state index is 0.129. The Morgan fingerprint density at radius 3 is 2.81 bits per heavy atom. The molecule has 0 spiro atoms. The van der Waals surface area contributed by atoms with Crippen LogP contribution in [0.15, 0.2) is 6.08 Å². The van der Waals surface area contributed by atoms with Gasteiger partial charge in [0.25, 0.3) is 0 Å². The zero-order valence-corrected chi connectivity index (χ0v) is 16.5. The summed E-state index contributed by atoms with van der Waals surface area (Å²) < 4.78 is 0. The fourth-order valence-electron chi connectivity index (χ4n) is 7.16. The number of hydrogen-bond acceptors (Lipinski definition) is 4. The van der Waals surface area contributed by atoms with E-state index in [1.54, 1.807) is 11.3 Å². The lowest BCUT2D eigenvalue weighted by Crippen LogP contribution is -2.53. The Hall–Kier alpha value is -1.31. The number of nitrogen functional groups attached to an aromatic ring is 1. The minimum atomic E-state index is -0.920. The van der Waals surface area contributed by atoms with E-state index in [2.05, 4.69) is 25.8 Å². The van der Waals surface area contributed by atoms with Crippen LogP contribution in [0.2, 0.25) is 0 Å². The third kappa shape index (κ3) is 1.86. The standard InChI is InChI=1S/C22H28N2OS/c1-4-22(25)12-8-15-13-5-6-16-18-17(26-19(23)24-18)9-10-20(16,2)14(13)7-11-21(15,22)3/h1,6,13-15,25H,5,7-12H2,2-3H3,(H2,23,24)/t13-,14+,15+,20-,21+,22+/m1/s1. The van der Waals surface area contributed by atoms with Crippen LogP contribution in [0.3, 0.4) is 0 Å². The summed E-state index contributed by atoms with van der Waals surface area (Å²) in [6.07, 6.45) is 15.6. The van der Waals surface area contributed by atoms with Gasteiger partial charge in [-0.15, -0.1) is 17.8 Å². The van der Waals surface area contributed by atoms with Crippen LogP contribution in [0.25, 0.3) is 5.57 Å². The lowest BCUT2D eigenvalue weighted by molar-refractivity contribution is -0.0887. The number of aryl methyl sites for hydroxylation is 1. The van der Waals surface area contributed by atoms with Gasteiger partial charge in [0.2, 0.25) is 0 Å². The zero-order valence-electron chi connectivity index (χ0n) is 15.7. The molecule has 0 bridgehead atoms. The van der Waals surface area contributed by atoms with Gasteiger partial charge in [0, 0.05) is 10.3 Å². The molecule has 3 N–H and O–H groups in total. The second-order valence-electron chi connectivity index (χ2n) is 9.47. The Labute approximate surface area is 160 Å². The maximum atomic E-state index is 11.1. The number of allylic oxidation sites excluding steroid dienone is 2. The highest BCUT2D eigenvalue weighted by atomic mass is 32.1. The topological polar surface area (TPSA) is 59.1 Å². The lowest BCUT2D eigenvalue weighted by atomic mass is 9.47. The molecule has 4 heteroatoms. The van der Waals surface area contributed by atoms with Gasteiger partial charge in [-0.1, -0.05) is 25.8 Å². The first-order valence-electron chi connectivity index (χ1n) is 9.99. The molecule has 138 valence electrons. The fraction of sp³-hybridized carbons (Fsp3) is 0.682. The van der Waals surface area contributed by atoms with Crippen molar-refractivity contribution < 1.29 is 5.11 Å². The van der Waals surface area contributed by atoms with Crippen molar-refractivity contribution in [2.75, 3.05) is 5.73 Å². The summed E-state index contributed by atoms with van der Waals surface area (Å²) in [4.78, 5) is 6.06. The molecule has 4 aliphatic carbocycles. The van der Waals surface area contributed by atoms with Crippen molar-refractivity contribution in [1.29, 1.82) is 0 Å². The van der Waals surface area contributed by atoms with Crippen LogP contribution >= 0.6 is 11.3 Å². The summed E-state index contributed by atoms with van der Waals surface area (Å²) in [5, 5.41) is 11.8. The van der Waals surface area contributed by atoms with E-state index < -0.39 is 5.60 Å². The molecular weight excluding hydrogens is 340 g/mol. The Kier molecular flexibility index (Phi) is 3.33. The molecule has 1 heterocycles. The zero-order chi connectivity index (χ0) is 18.3. The molecule has 6 atom stereocenters. The maximum Gasteiger partial charge on any atom is 0.180 e. The van der Waals surface area contributed by atoms with Gasteiger partial charge in [0.1, 0.15) is 5.60 Å². The van der Waals surface area contributed by atoms with Gasteiger partial charge in [0.05, 0.1) is 5.69 Å². The van der Waals surface area contributed by atoms with Crippen molar-refractivity contribution in [3.8, 4) is 12.3 Å². The van der Waals surface area contributed by atoms with E-state index in [4.69, 9.17) is 17.1 Å². The van der Waals surface area contributed by atoms with Gasteiger partial charge in [-0.05, 0) is 73.7 Å². The first kappa shape index (κ1) is 16.8. The Morgan fingerprint density at radius 2 is 2.04 bits per heavy atom. The largest absolute Gasteiger partial charge is 0.377 e. The molecule has 0 amide bonds. The van der Waals surface area contributed by atoms with Crippen molar-refractivity contribution >= 4 is 22.0 Å². The lowest BCUT2D eigenvalue weighted by Gasteiger charge is -2.57. The molecule has 2 saturated carbocycles. The molecule has 5 rings (SSSR count). The van der Waals surface area contributed by atoms with Gasteiger partial charge in [-0.25, -0.2) is 4.98 Å². The van der Waals surface area contributed by atoms with Crippen molar-refractivity contribution in [3.63, 3.8) is 0 Å². The van der Waals surface area contributed by atoms with Crippen LogP contribution in [0.1, 0.15) is 62.9 Å². The number of thiazole rings is 1. The van der Waals surface area contributed by atoms with Crippen molar-refractivity contribution in [1.82, 2.24) is 4.98 Å². The third-order valence-electron chi connectivity index (χ3n) is 8.70. The second-order valence-corrected chi connectivity index (χ2v) is 10.6. The summed E-state index contributed by atoms with van der Waals surface area (Å²) in [5.74, 6) is 4.59. The van der Waals surface area contributed by atoms with Crippen LogP contribution in [0, 0.1) is 40.9 Å². The summed E-state index contributed by atoms with van der Waals surface area (Å²) in [6, 6.07) is 0. The van der Waals surface area contributed by atoms with E-state index >= 15 is 0 Å². The number of nitrogens with two attached hydrogens (primary N) is 1. The highest BCUT2D eigenvalue weighted by Gasteiger charge is 2.63. The first-order valence-corrected chi connectivity index (χ1v) is 10.8. The fourth-order valence-corrected chi connectivity index (χ4v) is 8.00. The number of nitrogens with zero attached hydrogens (tertiary/aromatic N) is 1. The molecule has 1 aromatic heterocycles. The maximum absolute atomic E-state index is 11.1. The molecule has 0 unspecified atom stereocenters. The Morgan fingerprint density at radius 1 is 1.27 bits per heavy atom. The molecule has 26 heavy (non-hydrogen) atoms. The minimum Gasteiger partial charge on any atom is -0.377 e. The summed E-state index contributed by atoms with van der Waals surface area (Å²) in [7, 11) is 0. The normalized spacial score (nSPS) is 46.4. The molecular formula is C22H28N2OS. The van der Waals surface area contributed by atoms with E-state index in [0.29, 0.717) is 22.9 Å². The predicted octanol–water partition coefficient (Wildman–Crippen LogP) is 4.27. The number of hydrogen-bond donors (Lipinski definition) is 2. The molecule has 1 aromatic rings. The average molecular weight is 369 g/mol. The number of anilines is 1. The Bertz CT molecular complexity index is 851. The smallest absolute Gasteiger partial charge is 0.180 e. The van der Waals surface area contributed by atoms with Crippen LogP contribution in [-0.2, 0) is 6.42 Å². The molecule has 4 aliphatic rings. The number of aliphatic hydroxyl groups is 1. The van der Waals surface area contributed by atoms with Crippen molar-refractivity contribution in [2.45, 2.75) is 64.4 Å². The van der Waals surface area contributed by atoms with Gasteiger partial charge in [0.15, 0.2) is 5.13 Å². The van der Waals surface area contributed by atoms with E-state index in [-0.39, 0.29) is 10.8 Å². The number of terminal acetylenes is 1. The highest BCUT2D eigenvalue weighted by Crippen LogP contribution is 2.67. The molecule has 0 aliphatic heterocycles. The number of rotatable bonds is 0. The van der Waals surface area contributed by atoms with E-state index in [0.717, 1.165) is 38.5 Å². The summed E-state index contributed by atoms with van der Waals surface area (Å²) in [6.45, 7) is 4.71. The van der Waals surface area contributed by atoms with Crippen LogP contribution < -0.4 is 5.73 Å². The molecule has 0 aromatic carbocycles. The first-order chi connectivity index (χ1) is 12.3. The average Bonchev–Trinajstić information content (AvgIpc) is 3.12. The van der Waals surface area contributed by atoms with Crippen LogP contribution in [0.5, 0.6) is 0 Å². The number of aromatic nitrogens is 1. The molecule has 2 fully saturated rings. The molecule has 3 nitrogen and oxygen atoms in total. The van der Waals surface area contributed by atoms with Crippen molar-refractivity contribution in [3.05, 3.63) is 16.6 Å². The quantitative estimate of drug-likeness (QED) is 0.672. The molecule has 0 radical (unpaired) electrons. The number of fused-ring (bicyclic) bond motifs is 7. The van der Waals surface area contributed by atoms with Crippen LogP contribution in [-0.4, -0.2) is 15.7 Å². The predicted molar refractivity (Wildman–Crippen MR) is 106 cm³/mol. The monoisotopic (exact) mass is 368 g/mol. The van der Waals surface area contributed by atoms with Gasteiger partial charge in [-0.2, -0.15) is 0 Å². The summed E-state index contributed by atoms with van der Waals surface area (Å²) >= 11 is 1.66. The third-order valence-corrected chi connectivity index (χ3v) is 9.64. The SMILES string of the molecule is C#C[C@]1(O)CC[C@H]2[C@@H]3CC=C4c5nc(N)sc5CC[C@]4(C)[C@H]3CC[C@@]21C. The van der Waals surface area contributed by atoms with E-state index in [1.165, 1.54) is 22.6 Å². The Balaban J connectivity index is 1.57. The van der Waals surface area contributed by atoms with Gasteiger partial charge < -0.3 is 10.8 Å². The van der Waals surface area contributed by atoms with Gasteiger partial charge >= 0.3 is 0 Å². The van der Waals surface area contributed by atoms with Crippen LogP contribution in [0.4, 0.5) is 5.13 Å². The summed E-state index contributed by atoms with van der Waals surface area (Å²) in [5.41, 5.74) is 7.79. The van der Waals surface area contributed by atoms with E-state index in [1.807, 2.05) is 0 Å². The van der Waals surface area contributed by atoms with Crippen molar-refractivity contribution in [2.24, 2.45) is 28.6 Å². The molecule has 0 saturated heterocycles. The highest BCUT2D eigenvalue weighted by molar-refractivity contribution is 7.15. The van der Waals surface area contributed by atoms with E-state index in [9.17, 15) is 5.11 Å². The second kappa shape index (κ2) is 5.14. The van der Waals surface area contributed by atoms with Gasteiger partial charge in [-0.3, -0.25) is 0 Å².